The Labute approximate surface area is 120 Å². The number of thiophene rings is 1. The van der Waals surface area contributed by atoms with Gasteiger partial charge in [0.2, 0.25) is 0 Å². The van der Waals surface area contributed by atoms with Gasteiger partial charge >= 0.3 is 5.97 Å². The third-order valence-electron chi connectivity index (χ3n) is 2.92. The van der Waals surface area contributed by atoms with Crippen LogP contribution >= 0.6 is 11.3 Å². The Hall–Kier alpha value is -2.54. The second-order valence-electron chi connectivity index (χ2n) is 4.32. The first kappa shape index (κ1) is 13.4. The molecular weight excluding hydrogens is 300 g/mol. The number of hydrogen-bond donors (Lipinski definition) is 2. The van der Waals surface area contributed by atoms with Crippen LogP contribution in [0.25, 0.3) is 17.4 Å². The van der Waals surface area contributed by atoms with Crippen LogP contribution in [0.3, 0.4) is 0 Å². The lowest BCUT2D eigenvalue weighted by Crippen LogP contribution is -2.30. The van der Waals surface area contributed by atoms with Gasteiger partial charge in [0.1, 0.15) is 11.2 Å². The van der Waals surface area contributed by atoms with Gasteiger partial charge in [0.15, 0.2) is 10.9 Å². The second-order valence-corrected chi connectivity index (χ2v) is 5.32. The minimum absolute atomic E-state index is 0.0734. The van der Waals surface area contributed by atoms with Gasteiger partial charge in [-0.05, 0) is 18.2 Å². The monoisotopic (exact) mass is 307 g/mol. The average Bonchev–Trinajstić information content (AvgIpc) is 2.75. The minimum Gasteiger partial charge on any atom is -0.505 e. The fraction of sp³-hybridized carbons (Fsp3) is 0. The van der Waals surface area contributed by atoms with Crippen LogP contribution in [0.2, 0.25) is 0 Å². The summed E-state index contributed by atoms with van der Waals surface area (Å²) in [6, 6.07) is 2.22. The Kier molecular flexibility index (Phi) is 3.06. The van der Waals surface area contributed by atoms with E-state index in [0.29, 0.717) is 11.3 Å². The third kappa shape index (κ3) is 2.31. The lowest BCUT2D eigenvalue weighted by Gasteiger charge is -2.00. The van der Waals surface area contributed by atoms with Crippen LogP contribution in [-0.4, -0.2) is 21.2 Å². The molecule has 1 aliphatic carbocycles. The predicted molar refractivity (Wildman–Crippen MR) is 72.9 cm³/mol. The second kappa shape index (κ2) is 4.78. The summed E-state index contributed by atoms with van der Waals surface area (Å²) in [6.45, 7) is 0. The molecule has 0 amide bonds. The lowest BCUT2D eigenvalue weighted by molar-refractivity contribution is -0.131. The van der Waals surface area contributed by atoms with Crippen LogP contribution in [0.4, 0.5) is 8.78 Å². The zero-order chi connectivity index (χ0) is 15.1. The predicted octanol–water partition coefficient (Wildman–Crippen LogP) is 1.40. The molecule has 0 unspecified atom stereocenters. The van der Waals surface area contributed by atoms with Crippen LogP contribution in [0.15, 0.2) is 24.4 Å². The fourth-order valence-corrected chi connectivity index (χ4v) is 2.99. The van der Waals surface area contributed by atoms with E-state index in [1.165, 1.54) is 6.08 Å². The van der Waals surface area contributed by atoms with E-state index in [0.717, 1.165) is 24.4 Å². The number of aliphatic hydroxyl groups is 1. The molecule has 0 saturated heterocycles. The molecule has 0 bridgehead atoms. The average molecular weight is 307 g/mol. The van der Waals surface area contributed by atoms with Gasteiger partial charge in [-0.2, -0.15) is 4.39 Å². The van der Waals surface area contributed by atoms with E-state index in [-0.39, 0.29) is 32.3 Å². The first-order valence-corrected chi connectivity index (χ1v) is 6.58. The van der Waals surface area contributed by atoms with Crippen molar-refractivity contribution < 1.29 is 23.8 Å². The van der Waals surface area contributed by atoms with Crippen molar-refractivity contribution >= 4 is 34.7 Å². The van der Waals surface area contributed by atoms with Crippen LogP contribution < -0.4 is 10.6 Å². The van der Waals surface area contributed by atoms with Crippen LogP contribution in [0, 0.1) is 10.9 Å². The Morgan fingerprint density at radius 3 is 2.81 bits per heavy atom. The number of halogens is 2. The highest BCUT2D eigenvalue weighted by atomic mass is 32.1. The molecule has 2 N–H and O–H groups in total. The number of aromatic nitrogens is 1. The Bertz CT molecular complexity index is 915. The van der Waals surface area contributed by atoms with Crippen molar-refractivity contribution in [3.8, 4) is 0 Å². The van der Waals surface area contributed by atoms with Crippen molar-refractivity contribution in [1.29, 1.82) is 0 Å². The molecule has 0 atom stereocenters. The van der Waals surface area contributed by atoms with E-state index in [4.69, 9.17) is 5.11 Å². The van der Waals surface area contributed by atoms with Crippen molar-refractivity contribution in [3.05, 3.63) is 56.4 Å². The number of aliphatic carboxylic acids is 1. The van der Waals surface area contributed by atoms with Gasteiger partial charge in [0.25, 0.3) is 0 Å². The number of pyridine rings is 1. The molecule has 0 aliphatic heterocycles. The summed E-state index contributed by atoms with van der Waals surface area (Å²) in [5, 5.41) is 18.9. The van der Waals surface area contributed by atoms with E-state index < -0.39 is 16.9 Å². The summed E-state index contributed by atoms with van der Waals surface area (Å²) < 4.78 is 26.8. The SMILES string of the molecule is O=C(O)C=C1C=c2cc(F)cnc2=C(O)c2cc(F)sc21. The maximum absolute atomic E-state index is 13.5. The van der Waals surface area contributed by atoms with Crippen LogP contribution in [0.5, 0.6) is 0 Å². The summed E-state index contributed by atoms with van der Waals surface area (Å²) in [7, 11) is 0. The molecule has 1 aliphatic rings. The van der Waals surface area contributed by atoms with Crippen molar-refractivity contribution in [2.75, 3.05) is 0 Å². The van der Waals surface area contributed by atoms with Crippen molar-refractivity contribution in [3.63, 3.8) is 0 Å². The molecule has 0 fully saturated rings. The number of carboxylic acid groups (broad SMARTS) is 1. The maximum Gasteiger partial charge on any atom is 0.328 e. The van der Waals surface area contributed by atoms with Crippen LogP contribution in [-0.2, 0) is 4.79 Å². The number of carboxylic acids is 1. The largest absolute Gasteiger partial charge is 0.505 e. The molecule has 2 heterocycles. The molecule has 4 nitrogen and oxygen atoms in total. The smallest absolute Gasteiger partial charge is 0.328 e. The molecule has 0 spiro atoms. The maximum atomic E-state index is 13.5. The number of allylic oxidation sites excluding steroid dienone is 1. The van der Waals surface area contributed by atoms with E-state index in [1.54, 1.807) is 0 Å². The van der Waals surface area contributed by atoms with Gasteiger partial charge in [-0.15, -0.1) is 11.3 Å². The summed E-state index contributed by atoms with van der Waals surface area (Å²) in [5.74, 6) is -2.16. The Morgan fingerprint density at radius 2 is 2.10 bits per heavy atom. The molecule has 2 aromatic heterocycles. The standard InChI is InChI=1S/C14H7F2NO3S/c15-8-2-6-1-7(3-11(18)19)14-9(4-10(16)21-14)13(20)12(6)17-5-8/h1-5,20H,(H,18,19). The van der Waals surface area contributed by atoms with Gasteiger partial charge in [-0.1, -0.05) is 0 Å². The Morgan fingerprint density at radius 1 is 1.33 bits per heavy atom. The molecule has 0 radical (unpaired) electrons. The summed E-state index contributed by atoms with van der Waals surface area (Å²) in [6.07, 6.45) is 3.16. The number of rotatable bonds is 1. The number of fused-ring (bicyclic) bond motifs is 2. The van der Waals surface area contributed by atoms with E-state index in [1.807, 2.05) is 0 Å². The molecule has 106 valence electrons. The van der Waals surface area contributed by atoms with Gasteiger partial charge in [0, 0.05) is 27.3 Å². The van der Waals surface area contributed by atoms with Gasteiger partial charge in [-0.3, -0.25) is 0 Å². The van der Waals surface area contributed by atoms with E-state index >= 15 is 0 Å². The quantitative estimate of drug-likeness (QED) is 0.781. The molecule has 0 saturated carbocycles. The number of carbonyl (C=O) groups is 1. The summed E-state index contributed by atoms with van der Waals surface area (Å²) in [4.78, 5) is 15.0. The molecule has 7 heteroatoms. The molecule has 3 rings (SSSR count). The molecule has 0 aromatic carbocycles. The summed E-state index contributed by atoms with van der Waals surface area (Å²) >= 11 is 0.700. The van der Waals surface area contributed by atoms with Gasteiger partial charge < -0.3 is 10.2 Å². The number of aliphatic hydroxyl groups excluding tert-OH is 1. The highest BCUT2D eigenvalue weighted by molar-refractivity contribution is 7.12. The minimum atomic E-state index is -1.23. The topological polar surface area (TPSA) is 70.4 Å². The first-order valence-electron chi connectivity index (χ1n) is 5.77. The fourth-order valence-electron chi connectivity index (χ4n) is 2.11. The van der Waals surface area contributed by atoms with Crippen molar-refractivity contribution in [2.45, 2.75) is 0 Å². The number of hydrogen-bond acceptors (Lipinski definition) is 4. The van der Waals surface area contributed by atoms with Crippen molar-refractivity contribution in [2.24, 2.45) is 0 Å². The first-order chi connectivity index (χ1) is 9.95. The van der Waals surface area contributed by atoms with Gasteiger partial charge in [0.05, 0.1) is 6.20 Å². The third-order valence-corrected chi connectivity index (χ3v) is 3.89. The van der Waals surface area contributed by atoms with Crippen LogP contribution in [0.1, 0.15) is 10.4 Å². The lowest BCUT2D eigenvalue weighted by atomic mass is 10.1. The zero-order valence-electron chi connectivity index (χ0n) is 10.3. The Balaban J connectivity index is 2.47. The molecule has 2 aromatic rings. The molecular formula is C14H7F2NO3S. The summed E-state index contributed by atoms with van der Waals surface area (Å²) in [5.41, 5.74) is 0.309. The van der Waals surface area contributed by atoms with Crippen molar-refractivity contribution in [1.82, 2.24) is 4.98 Å². The number of nitrogens with zero attached hydrogens (tertiary/aromatic N) is 1. The highest BCUT2D eigenvalue weighted by Gasteiger charge is 2.20. The zero-order valence-corrected chi connectivity index (χ0v) is 11.1. The normalized spacial score (nSPS) is 15.1. The van der Waals surface area contributed by atoms with Gasteiger partial charge in [-0.25, -0.2) is 14.2 Å². The molecule has 21 heavy (non-hydrogen) atoms. The highest BCUT2D eigenvalue weighted by Crippen LogP contribution is 2.32. The van der Waals surface area contributed by atoms with E-state index in [9.17, 15) is 18.7 Å². The van der Waals surface area contributed by atoms with E-state index in [2.05, 4.69) is 4.98 Å².